The number of benzene rings is 2. The molecule has 2 aromatic rings. The van der Waals surface area contributed by atoms with Gasteiger partial charge in [0.1, 0.15) is 11.6 Å². The van der Waals surface area contributed by atoms with Crippen molar-refractivity contribution >= 4 is 15.7 Å². The highest BCUT2D eigenvalue weighted by atomic mass is 32.2. The second-order valence-corrected chi connectivity index (χ2v) is 7.86. The van der Waals surface area contributed by atoms with Crippen LogP contribution in [0.25, 0.3) is 11.1 Å². The van der Waals surface area contributed by atoms with Crippen LogP contribution >= 0.6 is 0 Å². The second-order valence-electron chi connectivity index (χ2n) is 6.15. The summed E-state index contributed by atoms with van der Waals surface area (Å²) in [6.07, 6.45) is 2.46. The van der Waals surface area contributed by atoms with Crippen LogP contribution in [0.3, 0.4) is 0 Å². The van der Waals surface area contributed by atoms with E-state index in [0.29, 0.717) is 37.0 Å². The first-order chi connectivity index (χ1) is 11.8. The van der Waals surface area contributed by atoms with Gasteiger partial charge in [0, 0.05) is 23.4 Å². The Morgan fingerprint density at radius 2 is 1.64 bits per heavy atom. The first kappa shape index (κ1) is 17.7. The van der Waals surface area contributed by atoms with E-state index in [4.69, 9.17) is 5.41 Å². The van der Waals surface area contributed by atoms with E-state index in [1.807, 2.05) is 0 Å². The van der Waals surface area contributed by atoms with Crippen LogP contribution in [0.5, 0.6) is 0 Å². The van der Waals surface area contributed by atoms with Gasteiger partial charge in [0.15, 0.2) is 0 Å². The normalized spacial score (nSPS) is 18.3. The van der Waals surface area contributed by atoms with Gasteiger partial charge in [0.05, 0.1) is 4.90 Å². The molecule has 0 saturated heterocycles. The fourth-order valence-electron chi connectivity index (χ4n) is 2.91. The van der Waals surface area contributed by atoms with Crippen LogP contribution in [0.2, 0.25) is 0 Å². The predicted octanol–water partition coefficient (Wildman–Crippen LogP) is 3.87. The topological polar surface area (TPSA) is 70.0 Å². The molecular formula is C18H18F2N2O2S. The molecule has 1 aliphatic rings. The number of halogens is 2. The Morgan fingerprint density at radius 3 is 2.24 bits per heavy atom. The summed E-state index contributed by atoms with van der Waals surface area (Å²) in [4.78, 5) is 0.0967. The second kappa shape index (κ2) is 7.01. The van der Waals surface area contributed by atoms with Gasteiger partial charge in [0.25, 0.3) is 0 Å². The zero-order valence-electron chi connectivity index (χ0n) is 13.4. The molecule has 0 amide bonds. The molecule has 0 radical (unpaired) electrons. The van der Waals surface area contributed by atoms with Crippen LogP contribution in [0.4, 0.5) is 8.78 Å². The van der Waals surface area contributed by atoms with Gasteiger partial charge < -0.3 is 5.41 Å². The standard InChI is InChI=1S/C18H18F2N2O2S/c19-13-3-10-17(18(20)11-13)12-1-8-16(9-2-12)25(23,24)22-15-6-4-14(21)5-7-15/h1-3,8-11,15,21-22H,4-7H2. The molecule has 2 N–H and O–H groups in total. The van der Waals surface area contributed by atoms with E-state index in [2.05, 4.69) is 4.72 Å². The molecule has 4 nitrogen and oxygen atoms in total. The van der Waals surface area contributed by atoms with Crippen LogP contribution < -0.4 is 4.72 Å². The Kier molecular flexibility index (Phi) is 4.96. The van der Waals surface area contributed by atoms with Crippen LogP contribution in [-0.4, -0.2) is 20.2 Å². The van der Waals surface area contributed by atoms with Gasteiger partial charge in [-0.3, -0.25) is 0 Å². The average Bonchev–Trinajstić information content (AvgIpc) is 2.57. The lowest BCUT2D eigenvalue weighted by Crippen LogP contribution is -2.37. The largest absolute Gasteiger partial charge is 0.310 e. The van der Waals surface area contributed by atoms with Crippen LogP contribution in [0.1, 0.15) is 25.7 Å². The number of hydrogen-bond acceptors (Lipinski definition) is 3. The minimum absolute atomic E-state index is 0.0967. The molecule has 2 aromatic carbocycles. The van der Waals surface area contributed by atoms with Crippen molar-refractivity contribution in [2.75, 3.05) is 0 Å². The van der Waals surface area contributed by atoms with Crippen molar-refractivity contribution in [3.8, 4) is 11.1 Å². The Hall–Kier alpha value is -2.12. The van der Waals surface area contributed by atoms with Gasteiger partial charge in [0.2, 0.25) is 10.0 Å². The first-order valence-corrected chi connectivity index (χ1v) is 9.47. The smallest absolute Gasteiger partial charge is 0.240 e. The molecule has 0 aliphatic heterocycles. The fourth-order valence-corrected chi connectivity index (χ4v) is 4.21. The Labute approximate surface area is 145 Å². The molecule has 132 valence electrons. The molecule has 0 unspecified atom stereocenters. The maximum Gasteiger partial charge on any atom is 0.240 e. The molecule has 0 heterocycles. The average molecular weight is 364 g/mol. The minimum atomic E-state index is -3.67. The van der Waals surface area contributed by atoms with Crippen molar-refractivity contribution in [2.45, 2.75) is 36.6 Å². The Morgan fingerprint density at radius 1 is 1.00 bits per heavy atom. The van der Waals surface area contributed by atoms with Gasteiger partial charge in [-0.15, -0.1) is 0 Å². The van der Waals surface area contributed by atoms with E-state index in [1.165, 1.54) is 30.3 Å². The molecule has 1 fully saturated rings. The molecule has 0 aromatic heterocycles. The maximum atomic E-state index is 13.8. The lowest BCUT2D eigenvalue weighted by Gasteiger charge is -2.23. The quantitative estimate of drug-likeness (QED) is 0.864. The summed E-state index contributed by atoms with van der Waals surface area (Å²) in [6, 6.07) is 8.92. The lowest BCUT2D eigenvalue weighted by atomic mass is 9.95. The third-order valence-corrected chi connectivity index (χ3v) is 5.85. The van der Waals surface area contributed by atoms with E-state index >= 15 is 0 Å². The van der Waals surface area contributed by atoms with E-state index in [0.717, 1.165) is 12.1 Å². The van der Waals surface area contributed by atoms with E-state index < -0.39 is 21.7 Å². The number of sulfonamides is 1. The third-order valence-electron chi connectivity index (χ3n) is 4.32. The van der Waals surface area contributed by atoms with Crippen molar-refractivity contribution in [2.24, 2.45) is 0 Å². The molecule has 1 saturated carbocycles. The maximum absolute atomic E-state index is 13.8. The van der Waals surface area contributed by atoms with Crippen LogP contribution in [0.15, 0.2) is 47.4 Å². The third kappa shape index (κ3) is 4.11. The van der Waals surface area contributed by atoms with Crippen molar-refractivity contribution < 1.29 is 17.2 Å². The van der Waals surface area contributed by atoms with Crippen LogP contribution in [-0.2, 0) is 10.0 Å². The van der Waals surface area contributed by atoms with E-state index in [9.17, 15) is 17.2 Å². The Balaban J connectivity index is 1.78. The summed E-state index contributed by atoms with van der Waals surface area (Å²) in [5, 5.41) is 7.58. The van der Waals surface area contributed by atoms with Crippen molar-refractivity contribution in [3.63, 3.8) is 0 Å². The van der Waals surface area contributed by atoms with Gasteiger partial charge in [-0.2, -0.15) is 0 Å². The highest BCUT2D eigenvalue weighted by molar-refractivity contribution is 7.89. The summed E-state index contributed by atoms with van der Waals surface area (Å²) in [7, 11) is -3.67. The zero-order valence-corrected chi connectivity index (χ0v) is 14.2. The molecule has 0 atom stereocenters. The zero-order chi connectivity index (χ0) is 18.0. The van der Waals surface area contributed by atoms with E-state index in [-0.39, 0.29) is 16.5 Å². The SMILES string of the molecule is N=C1CCC(NS(=O)(=O)c2ccc(-c3ccc(F)cc3F)cc2)CC1. The minimum Gasteiger partial charge on any atom is -0.310 e. The van der Waals surface area contributed by atoms with Gasteiger partial charge in [-0.25, -0.2) is 21.9 Å². The number of nitrogens with one attached hydrogen (secondary N) is 2. The summed E-state index contributed by atoms with van der Waals surface area (Å²) in [6.45, 7) is 0. The van der Waals surface area contributed by atoms with Gasteiger partial charge >= 0.3 is 0 Å². The number of hydrogen-bond donors (Lipinski definition) is 2. The van der Waals surface area contributed by atoms with E-state index in [1.54, 1.807) is 0 Å². The van der Waals surface area contributed by atoms with Crippen molar-refractivity contribution in [1.82, 2.24) is 4.72 Å². The molecule has 3 rings (SSSR count). The Bertz CT molecular complexity index is 886. The van der Waals surface area contributed by atoms with Gasteiger partial charge in [-0.1, -0.05) is 12.1 Å². The monoisotopic (exact) mass is 364 g/mol. The van der Waals surface area contributed by atoms with Crippen molar-refractivity contribution in [1.29, 1.82) is 5.41 Å². The summed E-state index contributed by atoms with van der Waals surface area (Å²) < 4.78 is 54.4. The molecule has 1 aliphatic carbocycles. The predicted molar refractivity (Wildman–Crippen MR) is 92.1 cm³/mol. The van der Waals surface area contributed by atoms with Crippen molar-refractivity contribution in [3.05, 3.63) is 54.1 Å². The molecule has 0 bridgehead atoms. The molecule has 0 spiro atoms. The molecule has 25 heavy (non-hydrogen) atoms. The highest BCUT2D eigenvalue weighted by Crippen LogP contribution is 2.25. The first-order valence-electron chi connectivity index (χ1n) is 7.99. The molecular weight excluding hydrogens is 346 g/mol. The lowest BCUT2D eigenvalue weighted by molar-refractivity contribution is 0.495. The molecule has 7 heteroatoms. The number of rotatable bonds is 4. The summed E-state index contributed by atoms with van der Waals surface area (Å²) in [5.74, 6) is -1.36. The highest BCUT2D eigenvalue weighted by Gasteiger charge is 2.23. The summed E-state index contributed by atoms with van der Waals surface area (Å²) in [5.41, 5.74) is 1.34. The van der Waals surface area contributed by atoms with Gasteiger partial charge in [-0.05, 0) is 55.5 Å². The summed E-state index contributed by atoms with van der Waals surface area (Å²) >= 11 is 0. The van der Waals surface area contributed by atoms with Crippen LogP contribution in [0, 0.1) is 17.0 Å². The fraction of sp³-hybridized carbons (Fsp3) is 0.278.